The van der Waals surface area contributed by atoms with Gasteiger partial charge >= 0.3 is 0 Å². The maximum Gasteiger partial charge on any atom is 0.235 e. The topological polar surface area (TPSA) is 55.6 Å². The summed E-state index contributed by atoms with van der Waals surface area (Å²) in [4.78, 5) is 14.1. The van der Waals surface area contributed by atoms with E-state index in [9.17, 15) is 4.79 Å². The number of rotatable bonds is 6. The summed E-state index contributed by atoms with van der Waals surface area (Å²) in [6, 6.07) is 0.0118. The molecule has 94 valence electrons. The lowest BCUT2D eigenvalue weighted by Crippen LogP contribution is -2.50. The van der Waals surface area contributed by atoms with E-state index in [1.54, 1.807) is 26.0 Å². The molecule has 0 heterocycles. The van der Waals surface area contributed by atoms with Crippen LogP contribution in [-0.4, -0.2) is 42.6 Å². The summed E-state index contributed by atoms with van der Waals surface area (Å²) in [7, 11) is 3.36. The van der Waals surface area contributed by atoms with E-state index in [1.165, 1.54) is 0 Å². The summed E-state index contributed by atoms with van der Waals surface area (Å²) in [5.74, 6) is -0.0490. The van der Waals surface area contributed by atoms with Crippen molar-refractivity contribution in [1.82, 2.24) is 4.90 Å². The quantitative estimate of drug-likeness (QED) is 0.715. The molecule has 2 unspecified atom stereocenters. The molecule has 1 amide bonds. The van der Waals surface area contributed by atoms with Gasteiger partial charge < -0.3 is 15.4 Å². The Kier molecular flexibility index (Phi) is 5.89. The van der Waals surface area contributed by atoms with Gasteiger partial charge in [-0.3, -0.25) is 4.79 Å². The van der Waals surface area contributed by atoms with E-state index < -0.39 is 5.41 Å². The Morgan fingerprint density at radius 3 is 2.44 bits per heavy atom. The summed E-state index contributed by atoms with van der Waals surface area (Å²) in [6.07, 6.45) is 0.602. The minimum atomic E-state index is -0.758. The lowest BCUT2D eigenvalue weighted by Gasteiger charge is -2.34. The first kappa shape index (κ1) is 15.3. The Morgan fingerprint density at radius 2 is 2.12 bits per heavy atom. The lowest BCUT2D eigenvalue weighted by molar-refractivity contribution is -0.139. The fraction of sp³-hybridized carbons (Fsp3) is 0.818. The smallest absolute Gasteiger partial charge is 0.235 e. The van der Waals surface area contributed by atoms with Crippen LogP contribution in [0.3, 0.4) is 0 Å². The second kappa shape index (κ2) is 6.15. The van der Waals surface area contributed by atoms with Crippen molar-refractivity contribution in [2.24, 2.45) is 11.1 Å². The van der Waals surface area contributed by atoms with Crippen LogP contribution in [0.25, 0.3) is 0 Å². The van der Waals surface area contributed by atoms with Crippen LogP contribution in [-0.2, 0) is 9.53 Å². The number of methoxy groups -OCH3 is 1. The normalized spacial score (nSPS) is 16.3. The van der Waals surface area contributed by atoms with Crippen molar-refractivity contribution in [3.63, 3.8) is 0 Å². The largest absolute Gasteiger partial charge is 0.392 e. The zero-order chi connectivity index (χ0) is 12.9. The minimum absolute atomic E-state index is 0.0118. The van der Waals surface area contributed by atoms with E-state index >= 15 is 0 Å². The maximum absolute atomic E-state index is 12.3. The standard InChI is InChI=1S/C11H22N2O2S/c1-6-11(3,9(12)16)10(14)13(4)8(2)7-15-5/h8H,6-7H2,1-5H3,(H2,12,16). The molecule has 0 radical (unpaired) electrons. The highest BCUT2D eigenvalue weighted by Gasteiger charge is 2.37. The van der Waals surface area contributed by atoms with Crippen molar-refractivity contribution in [3.05, 3.63) is 0 Å². The van der Waals surface area contributed by atoms with Gasteiger partial charge in [0.05, 0.1) is 23.1 Å². The fourth-order valence-electron chi connectivity index (χ4n) is 1.37. The molecule has 2 atom stereocenters. The third-order valence-electron chi connectivity index (χ3n) is 3.11. The third-order valence-corrected chi connectivity index (χ3v) is 3.56. The SMILES string of the molecule is CCC(C)(C(=O)N(C)C(C)COC)C(N)=S. The summed E-state index contributed by atoms with van der Waals surface area (Å²) >= 11 is 4.98. The second-order valence-electron chi connectivity index (χ2n) is 4.27. The Labute approximate surface area is 103 Å². The molecule has 4 nitrogen and oxygen atoms in total. The predicted molar refractivity (Wildman–Crippen MR) is 69.3 cm³/mol. The van der Waals surface area contributed by atoms with Gasteiger partial charge in [-0.05, 0) is 20.3 Å². The highest BCUT2D eigenvalue weighted by Crippen LogP contribution is 2.25. The summed E-state index contributed by atoms with van der Waals surface area (Å²) in [5, 5.41) is 0. The van der Waals surface area contributed by atoms with Crippen LogP contribution in [0.1, 0.15) is 27.2 Å². The van der Waals surface area contributed by atoms with Gasteiger partial charge in [-0.15, -0.1) is 0 Å². The number of nitrogens with zero attached hydrogens (tertiary/aromatic N) is 1. The Hall–Kier alpha value is -0.680. The van der Waals surface area contributed by atoms with E-state index in [1.807, 2.05) is 13.8 Å². The van der Waals surface area contributed by atoms with Crippen LogP contribution < -0.4 is 5.73 Å². The molecule has 0 aromatic carbocycles. The van der Waals surface area contributed by atoms with Crippen molar-refractivity contribution in [2.45, 2.75) is 33.2 Å². The van der Waals surface area contributed by atoms with Crippen molar-refractivity contribution < 1.29 is 9.53 Å². The second-order valence-corrected chi connectivity index (χ2v) is 4.71. The number of carbonyl (C=O) groups excluding carboxylic acids is 1. The van der Waals surface area contributed by atoms with Crippen molar-refractivity contribution >= 4 is 23.1 Å². The molecule has 0 aromatic heterocycles. The molecule has 0 aliphatic carbocycles. The first-order valence-corrected chi connectivity index (χ1v) is 5.78. The van der Waals surface area contributed by atoms with Gasteiger partial charge in [0.2, 0.25) is 5.91 Å². The molecular formula is C11H22N2O2S. The van der Waals surface area contributed by atoms with Crippen LogP contribution in [0.15, 0.2) is 0 Å². The zero-order valence-electron chi connectivity index (χ0n) is 10.7. The van der Waals surface area contributed by atoms with Gasteiger partial charge in [0.25, 0.3) is 0 Å². The lowest BCUT2D eigenvalue weighted by atomic mass is 9.85. The first-order valence-electron chi connectivity index (χ1n) is 5.37. The van der Waals surface area contributed by atoms with Gasteiger partial charge in [-0.25, -0.2) is 0 Å². The fourth-order valence-corrected chi connectivity index (χ4v) is 1.60. The molecule has 0 spiro atoms. The molecule has 0 aromatic rings. The average molecular weight is 246 g/mol. The molecule has 5 heteroatoms. The Balaban J connectivity index is 4.82. The number of ether oxygens (including phenoxy) is 1. The average Bonchev–Trinajstić information content (AvgIpc) is 2.25. The number of hydrogen-bond donors (Lipinski definition) is 1. The number of amides is 1. The molecule has 0 aliphatic rings. The molecular weight excluding hydrogens is 224 g/mol. The number of thiocarbonyl (C=S) groups is 1. The van der Waals surface area contributed by atoms with Gasteiger partial charge in [0.1, 0.15) is 0 Å². The summed E-state index contributed by atoms with van der Waals surface area (Å²) in [5.41, 5.74) is 4.89. The van der Waals surface area contributed by atoms with Crippen molar-refractivity contribution in [1.29, 1.82) is 0 Å². The summed E-state index contributed by atoms with van der Waals surface area (Å²) < 4.78 is 5.02. The van der Waals surface area contributed by atoms with Gasteiger partial charge in [0.15, 0.2) is 0 Å². The van der Waals surface area contributed by atoms with E-state index in [0.717, 1.165) is 0 Å². The van der Waals surface area contributed by atoms with Crippen LogP contribution in [0.4, 0.5) is 0 Å². The Bertz CT molecular complexity index is 271. The number of carbonyl (C=O) groups is 1. The minimum Gasteiger partial charge on any atom is -0.392 e. The zero-order valence-corrected chi connectivity index (χ0v) is 11.6. The molecule has 0 fully saturated rings. The number of hydrogen-bond acceptors (Lipinski definition) is 3. The van der Waals surface area contributed by atoms with Crippen molar-refractivity contribution in [2.75, 3.05) is 20.8 Å². The first-order chi connectivity index (χ1) is 7.31. The third kappa shape index (κ3) is 3.15. The predicted octanol–water partition coefficient (Wildman–Crippen LogP) is 1.18. The highest BCUT2D eigenvalue weighted by molar-refractivity contribution is 7.80. The highest BCUT2D eigenvalue weighted by atomic mass is 32.1. The van der Waals surface area contributed by atoms with E-state index in [-0.39, 0.29) is 16.9 Å². The molecule has 2 N–H and O–H groups in total. The van der Waals surface area contributed by atoms with E-state index in [2.05, 4.69) is 0 Å². The van der Waals surface area contributed by atoms with Crippen LogP contribution in [0.5, 0.6) is 0 Å². The van der Waals surface area contributed by atoms with Crippen LogP contribution >= 0.6 is 12.2 Å². The van der Waals surface area contributed by atoms with Crippen LogP contribution in [0, 0.1) is 5.41 Å². The van der Waals surface area contributed by atoms with Gasteiger partial charge in [0, 0.05) is 14.2 Å². The molecule has 0 bridgehead atoms. The molecule has 16 heavy (non-hydrogen) atoms. The molecule has 0 rings (SSSR count). The Morgan fingerprint density at radius 1 is 1.62 bits per heavy atom. The van der Waals surface area contributed by atoms with Gasteiger partial charge in [-0.1, -0.05) is 19.1 Å². The summed E-state index contributed by atoms with van der Waals surface area (Å²) in [6.45, 7) is 6.12. The molecule has 0 aliphatic heterocycles. The van der Waals surface area contributed by atoms with Crippen LogP contribution in [0.2, 0.25) is 0 Å². The molecule has 0 saturated carbocycles. The van der Waals surface area contributed by atoms with E-state index in [4.69, 9.17) is 22.7 Å². The maximum atomic E-state index is 12.3. The number of likely N-dealkylation sites (N-methyl/N-ethyl adjacent to an activating group) is 1. The molecule has 0 saturated heterocycles. The van der Waals surface area contributed by atoms with E-state index in [0.29, 0.717) is 13.0 Å². The monoisotopic (exact) mass is 246 g/mol. The van der Waals surface area contributed by atoms with Gasteiger partial charge in [-0.2, -0.15) is 0 Å². The van der Waals surface area contributed by atoms with Crippen molar-refractivity contribution in [3.8, 4) is 0 Å². The number of nitrogens with two attached hydrogens (primary N) is 1.